The lowest BCUT2D eigenvalue weighted by Crippen LogP contribution is -2.29. The van der Waals surface area contributed by atoms with Gasteiger partial charge in [0.1, 0.15) is 6.61 Å². The first-order valence-electron chi connectivity index (χ1n) is 28.0. The normalized spacial score (nSPS) is 13.3. The van der Waals surface area contributed by atoms with Crippen molar-refractivity contribution < 1.29 is 37.6 Å². The van der Waals surface area contributed by atoms with Crippen LogP contribution in [-0.4, -0.2) is 49.3 Å². The molecule has 0 fully saturated rings. The molecule has 10 heteroatoms. The summed E-state index contributed by atoms with van der Waals surface area (Å²) in [6, 6.07) is 0. The molecule has 0 rings (SSSR count). The average molecular weight is 952 g/mol. The summed E-state index contributed by atoms with van der Waals surface area (Å²) in [6.45, 7) is 3.62. The van der Waals surface area contributed by atoms with Crippen molar-refractivity contribution in [3.8, 4) is 0 Å². The van der Waals surface area contributed by atoms with Crippen molar-refractivity contribution in [1.82, 2.24) is 0 Å². The van der Waals surface area contributed by atoms with Crippen LogP contribution in [0.5, 0.6) is 0 Å². The highest BCUT2D eigenvalue weighted by Gasteiger charge is 2.26. The van der Waals surface area contributed by atoms with Gasteiger partial charge in [0.05, 0.1) is 13.2 Å². The van der Waals surface area contributed by atoms with E-state index in [0.717, 1.165) is 57.8 Å². The molecule has 3 N–H and O–H groups in total. The molecule has 0 heterocycles. The van der Waals surface area contributed by atoms with Crippen molar-refractivity contribution in [3.63, 3.8) is 0 Å². The molecule has 388 valence electrons. The number of ether oxygens (including phenoxy) is 2. The first-order valence-corrected chi connectivity index (χ1v) is 29.5. The summed E-state index contributed by atoms with van der Waals surface area (Å²) in [5, 5.41) is 0. The highest BCUT2D eigenvalue weighted by Crippen LogP contribution is 2.43. The lowest BCUT2D eigenvalue weighted by atomic mass is 10.0. The van der Waals surface area contributed by atoms with Crippen molar-refractivity contribution in [1.29, 1.82) is 0 Å². The van der Waals surface area contributed by atoms with E-state index in [2.05, 4.69) is 50.3 Å². The number of carbonyl (C=O) groups is 2. The highest BCUT2D eigenvalue weighted by atomic mass is 31.2. The fraction of sp³-hybridized carbons (Fsp3) is 0.857. The van der Waals surface area contributed by atoms with Crippen molar-refractivity contribution in [2.75, 3.05) is 26.4 Å². The minimum atomic E-state index is -4.39. The van der Waals surface area contributed by atoms with Gasteiger partial charge in [-0.05, 0) is 44.9 Å². The predicted molar refractivity (Wildman–Crippen MR) is 280 cm³/mol. The SMILES string of the molecule is CC/C=C\C/C=C\C/C=C\CCCCCC(=O)OC(COC(=O)CCCCCCCCCCCCCCCCCCCCCCCCCCCCCCCCCC)COP(=O)(O)OCCN. The Morgan fingerprint density at radius 3 is 1.24 bits per heavy atom. The number of phosphoric ester groups is 1. The largest absolute Gasteiger partial charge is 0.472 e. The Kier molecular flexibility index (Phi) is 51.2. The zero-order valence-corrected chi connectivity index (χ0v) is 44.1. The molecule has 2 unspecified atom stereocenters. The molecule has 0 aromatic rings. The topological polar surface area (TPSA) is 134 Å². The molecule has 0 aromatic carbocycles. The van der Waals surface area contributed by atoms with Crippen LogP contribution in [0, 0.1) is 0 Å². The number of carbonyl (C=O) groups excluding carboxylic acids is 2. The third-order valence-corrected chi connectivity index (χ3v) is 13.3. The highest BCUT2D eigenvalue weighted by molar-refractivity contribution is 7.47. The second-order valence-electron chi connectivity index (χ2n) is 18.8. The lowest BCUT2D eigenvalue weighted by Gasteiger charge is -2.19. The molecule has 0 spiro atoms. The molecule has 0 bridgehead atoms. The number of rotatable bonds is 53. The van der Waals surface area contributed by atoms with E-state index in [1.807, 2.05) is 0 Å². The van der Waals surface area contributed by atoms with E-state index in [1.165, 1.54) is 186 Å². The van der Waals surface area contributed by atoms with Gasteiger partial charge in [-0.3, -0.25) is 18.6 Å². The number of hydrogen-bond acceptors (Lipinski definition) is 8. The number of allylic oxidation sites excluding steroid dienone is 6. The van der Waals surface area contributed by atoms with E-state index in [4.69, 9.17) is 24.3 Å². The van der Waals surface area contributed by atoms with Crippen LogP contribution < -0.4 is 5.73 Å². The van der Waals surface area contributed by atoms with Gasteiger partial charge in [0.15, 0.2) is 6.10 Å². The molecule has 0 aliphatic rings. The summed E-state index contributed by atoms with van der Waals surface area (Å²) < 4.78 is 32.9. The first kappa shape index (κ1) is 64.2. The molecule has 0 aliphatic carbocycles. The van der Waals surface area contributed by atoms with Gasteiger partial charge in [-0.2, -0.15) is 0 Å². The second-order valence-corrected chi connectivity index (χ2v) is 20.2. The Morgan fingerprint density at radius 2 is 0.833 bits per heavy atom. The smallest absolute Gasteiger partial charge is 0.462 e. The monoisotopic (exact) mass is 952 g/mol. The van der Waals surface area contributed by atoms with Gasteiger partial charge in [-0.25, -0.2) is 4.57 Å². The maximum atomic E-state index is 12.6. The zero-order chi connectivity index (χ0) is 48.1. The molecule has 2 atom stereocenters. The van der Waals surface area contributed by atoms with E-state index < -0.39 is 26.5 Å². The average Bonchev–Trinajstić information content (AvgIpc) is 3.31. The van der Waals surface area contributed by atoms with Gasteiger partial charge >= 0.3 is 19.8 Å². The zero-order valence-electron chi connectivity index (χ0n) is 43.2. The first-order chi connectivity index (χ1) is 32.3. The van der Waals surface area contributed by atoms with Crippen molar-refractivity contribution in [2.45, 2.75) is 283 Å². The van der Waals surface area contributed by atoms with Crippen molar-refractivity contribution in [3.05, 3.63) is 36.5 Å². The fourth-order valence-corrected chi connectivity index (χ4v) is 8.95. The molecule has 9 nitrogen and oxygen atoms in total. The van der Waals surface area contributed by atoms with Crippen LogP contribution in [0.1, 0.15) is 277 Å². The van der Waals surface area contributed by atoms with Crippen LogP contribution >= 0.6 is 7.82 Å². The number of unbranched alkanes of at least 4 members (excludes halogenated alkanes) is 34. The van der Waals surface area contributed by atoms with E-state index in [-0.39, 0.29) is 38.6 Å². The summed E-state index contributed by atoms with van der Waals surface area (Å²) in [5.74, 6) is -0.852. The number of phosphoric acid groups is 1. The second kappa shape index (κ2) is 52.6. The minimum absolute atomic E-state index is 0.0491. The molecule has 0 aliphatic heterocycles. The van der Waals surface area contributed by atoms with Crippen LogP contribution in [-0.2, 0) is 32.7 Å². The van der Waals surface area contributed by atoms with E-state index in [1.54, 1.807) is 0 Å². The maximum Gasteiger partial charge on any atom is 0.472 e. The molecule has 0 aromatic heterocycles. The van der Waals surface area contributed by atoms with E-state index in [9.17, 15) is 19.0 Å². The Labute approximate surface area is 407 Å². The van der Waals surface area contributed by atoms with Crippen LogP contribution in [0.15, 0.2) is 36.5 Å². The quantitative estimate of drug-likeness (QED) is 0.0264. The van der Waals surface area contributed by atoms with E-state index >= 15 is 0 Å². The van der Waals surface area contributed by atoms with Gasteiger partial charge < -0.3 is 20.1 Å². The van der Waals surface area contributed by atoms with Crippen LogP contribution in [0.2, 0.25) is 0 Å². The van der Waals surface area contributed by atoms with Crippen molar-refractivity contribution in [2.24, 2.45) is 5.73 Å². The number of esters is 2. The number of hydrogen-bond donors (Lipinski definition) is 2. The fourth-order valence-electron chi connectivity index (χ4n) is 8.18. The molecular weight excluding hydrogens is 846 g/mol. The Hall–Kier alpha value is -1.77. The van der Waals surface area contributed by atoms with Gasteiger partial charge in [-0.1, -0.05) is 256 Å². The van der Waals surface area contributed by atoms with E-state index in [0.29, 0.717) is 6.42 Å². The summed E-state index contributed by atoms with van der Waals surface area (Å²) in [5.41, 5.74) is 5.36. The molecule has 0 saturated carbocycles. The Bertz CT molecular complexity index is 1180. The Morgan fingerprint density at radius 1 is 0.470 bits per heavy atom. The third-order valence-electron chi connectivity index (χ3n) is 12.3. The summed E-state index contributed by atoms with van der Waals surface area (Å²) >= 11 is 0. The number of nitrogens with two attached hydrogens (primary N) is 1. The molecule has 66 heavy (non-hydrogen) atoms. The molecule has 0 radical (unpaired) electrons. The molecular formula is C56H106NO8P. The van der Waals surface area contributed by atoms with Gasteiger partial charge in [0, 0.05) is 19.4 Å². The van der Waals surface area contributed by atoms with Crippen LogP contribution in [0.4, 0.5) is 0 Å². The van der Waals surface area contributed by atoms with Crippen LogP contribution in [0.25, 0.3) is 0 Å². The summed E-state index contributed by atoms with van der Waals surface area (Å²) in [6.07, 6.45) is 62.4. The van der Waals surface area contributed by atoms with Gasteiger partial charge in [0.25, 0.3) is 0 Å². The lowest BCUT2D eigenvalue weighted by molar-refractivity contribution is -0.161. The summed E-state index contributed by atoms with van der Waals surface area (Å²) in [4.78, 5) is 35.0. The van der Waals surface area contributed by atoms with Gasteiger partial charge in [-0.15, -0.1) is 0 Å². The molecule has 0 saturated heterocycles. The maximum absolute atomic E-state index is 12.6. The summed E-state index contributed by atoms with van der Waals surface area (Å²) in [7, 11) is -4.39. The standard InChI is InChI=1S/C56H106NO8P/c1-3-5-7-9-11-13-15-17-18-19-20-21-22-23-24-25-26-27-28-29-30-31-32-33-34-35-37-38-40-42-44-46-48-55(58)62-52-54(53-64-66(60,61)63-51-50-57)65-56(59)49-47-45-43-41-39-36-16-14-12-10-8-6-4-2/h6,8,12,14,36,39,54H,3-5,7,9-11,13,15-35,37-38,40-53,57H2,1-2H3,(H,60,61)/b8-6-,14-12-,39-36-. The van der Waals surface area contributed by atoms with Crippen molar-refractivity contribution >= 4 is 19.8 Å². The Balaban J connectivity index is 3.81. The van der Waals surface area contributed by atoms with Gasteiger partial charge in [0.2, 0.25) is 0 Å². The van der Waals surface area contributed by atoms with Crippen LogP contribution in [0.3, 0.4) is 0 Å². The molecule has 0 amide bonds. The third kappa shape index (κ3) is 51.6. The predicted octanol–water partition coefficient (Wildman–Crippen LogP) is 17.2. The minimum Gasteiger partial charge on any atom is -0.462 e.